The van der Waals surface area contributed by atoms with Gasteiger partial charge in [0.25, 0.3) is 0 Å². The van der Waals surface area contributed by atoms with Crippen molar-refractivity contribution in [2.24, 2.45) is 0 Å². The average molecular weight is 208 g/mol. The van der Waals surface area contributed by atoms with E-state index in [2.05, 4.69) is 5.32 Å². The fourth-order valence-electron chi connectivity index (χ4n) is 1.21. The summed E-state index contributed by atoms with van der Waals surface area (Å²) in [6.45, 7) is 2.48. The highest BCUT2D eigenvalue weighted by Gasteiger charge is 2.08. The van der Waals surface area contributed by atoms with Crippen LogP contribution in [0, 0.1) is 17.1 Å². The second-order valence-corrected chi connectivity index (χ2v) is 3.24. The summed E-state index contributed by atoms with van der Waals surface area (Å²) in [7, 11) is 1.80. The molecule has 0 spiro atoms. The first-order chi connectivity index (χ1) is 7.17. The summed E-state index contributed by atoms with van der Waals surface area (Å²) in [5.41, 5.74) is 0.293. The average Bonchev–Trinajstić information content (AvgIpc) is 2.21. The molecule has 0 amide bonds. The van der Waals surface area contributed by atoms with Crippen molar-refractivity contribution < 1.29 is 9.13 Å². The first-order valence-corrected chi connectivity index (χ1v) is 4.68. The number of rotatable bonds is 4. The molecule has 0 heterocycles. The summed E-state index contributed by atoms with van der Waals surface area (Å²) in [6, 6.07) is 6.04. The fraction of sp³-hybridized carbons (Fsp3) is 0.364. The van der Waals surface area contributed by atoms with E-state index in [9.17, 15) is 4.39 Å². The topological polar surface area (TPSA) is 45.0 Å². The van der Waals surface area contributed by atoms with Gasteiger partial charge in [0.05, 0.1) is 11.6 Å². The lowest BCUT2D eigenvalue weighted by molar-refractivity contribution is 0.211. The van der Waals surface area contributed by atoms with Gasteiger partial charge in [-0.05, 0) is 32.2 Å². The van der Waals surface area contributed by atoms with Crippen molar-refractivity contribution in [2.45, 2.75) is 13.0 Å². The van der Waals surface area contributed by atoms with Crippen molar-refractivity contribution in [2.75, 3.05) is 13.6 Å². The second kappa shape index (κ2) is 5.32. The molecule has 0 fully saturated rings. The quantitative estimate of drug-likeness (QED) is 0.818. The van der Waals surface area contributed by atoms with Gasteiger partial charge in [0.15, 0.2) is 11.6 Å². The molecule has 0 bridgehead atoms. The zero-order chi connectivity index (χ0) is 11.3. The molecule has 0 aliphatic heterocycles. The Labute approximate surface area is 88.5 Å². The molecule has 15 heavy (non-hydrogen) atoms. The molecule has 1 unspecified atom stereocenters. The van der Waals surface area contributed by atoms with Crippen LogP contribution in [-0.4, -0.2) is 19.7 Å². The smallest absolute Gasteiger partial charge is 0.166 e. The van der Waals surface area contributed by atoms with Crippen molar-refractivity contribution in [1.82, 2.24) is 5.32 Å². The normalized spacial score (nSPS) is 11.9. The molecule has 1 aromatic carbocycles. The molecule has 3 nitrogen and oxygen atoms in total. The van der Waals surface area contributed by atoms with E-state index in [-0.39, 0.29) is 11.9 Å². The predicted molar refractivity (Wildman–Crippen MR) is 55.1 cm³/mol. The molecular formula is C11H13FN2O. The molecule has 4 heteroatoms. The number of nitrogens with zero attached hydrogens (tertiary/aromatic N) is 1. The maximum atomic E-state index is 13.3. The molecule has 1 aromatic rings. The van der Waals surface area contributed by atoms with Gasteiger partial charge in [-0.2, -0.15) is 5.26 Å². The van der Waals surface area contributed by atoms with Gasteiger partial charge < -0.3 is 10.1 Å². The first kappa shape index (κ1) is 11.5. The molecule has 80 valence electrons. The monoisotopic (exact) mass is 208 g/mol. The Balaban J connectivity index is 2.74. The Hall–Kier alpha value is -1.60. The van der Waals surface area contributed by atoms with Crippen molar-refractivity contribution >= 4 is 0 Å². The summed E-state index contributed by atoms with van der Waals surface area (Å²) >= 11 is 0. The lowest BCUT2D eigenvalue weighted by Gasteiger charge is -2.14. The number of hydrogen-bond acceptors (Lipinski definition) is 3. The Bertz CT molecular complexity index is 373. The summed E-state index contributed by atoms with van der Waals surface area (Å²) in [4.78, 5) is 0. The zero-order valence-electron chi connectivity index (χ0n) is 8.75. The van der Waals surface area contributed by atoms with E-state index in [4.69, 9.17) is 10.00 Å². The minimum Gasteiger partial charge on any atom is -0.486 e. The fourth-order valence-corrected chi connectivity index (χ4v) is 1.21. The van der Waals surface area contributed by atoms with E-state index < -0.39 is 5.82 Å². The number of hydrogen-bond donors (Lipinski definition) is 1. The Kier molecular flexibility index (Phi) is 4.07. The zero-order valence-corrected chi connectivity index (χ0v) is 8.75. The van der Waals surface area contributed by atoms with Gasteiger partial charge >= 0.3 is 0 Å². The minimum atomic E-state index is -0.503. The van der Waals surface area contributed by atoms with Crippen molar-refractivity contribution in [3.63, 3.8) is 0 Å². The Morgan fingerprint density at radius 1 is 1.60 bits per heavy atom. The summed E-state index contributed by atoms with van der Waals surface area (Å²) < 4.78 is 18.7. The second-order valence-electron chi connectivity index (χ2n) is 3.24. The van der Waals surface area contributed by atoms with Gasteiger partial charge in [0.1, 0.15) is 6.10 Å². The van der Waals surface area contributed by atoms with Crippen LogP contribution in [-0.2, 0) is 0 Å². The third-order valence-electron chi connectivity index (χ3n) is 1.88. The van der Waals surface area contributed by atoms with Crippen molar-refractivity contribution in [1.29, 1.82) is 5.26 Å². The predicted octanol–water partition coefficient (Wildman–Crippen LogP) is 1.68. The first-order valence-electron chi connectivity index (χ1n) is 4.68. The molecule has 0 saturated carbocycles. The van der Waals surface area contributed by atoms with Crippen LogP contribution in [0.5, 0.6) is 5.75 Å². The molecular weight excluding hydrogens is 195 g/mol. The van der Waals surface area contributed by atoms with Crippen molar-refractivity contribution in [3.8, 4) is 11.8 Å². The molecule has 0 aliphatic rings. The highest BCUT2D eigenvalue weighted by molar-refractivity contribution is 5.36. The Morgan fingerprint density at radius 2 is 2.33 bits per heavy atom. The van der Waals surface area contributed by atoms with Gasteiger partial charge in [-0.25, -0.2) is 4.39 Å². The summed E-state index contributed by atoms with van der Waals surface area (Å²) in [6.07, 6.45) is -0.113. The number of nitrogens with one attached hydrogen (secondary N) is 1. The molecule has 0 radical (unpaired) electrons. The highest BCUT2D eigenvalue weighted by Crippen LogP contribution is 2.19. The maximum Gasteiger partial charge on any atom is 0.166 e. The maximum absolute atomic E-state index is 13.3. The van der Waals surface area contributed by atoms with Crippen LogP contribution in [0.3, 0.4) is 0 Å². The van der Waals surface area contributed by atoms with Crippen LogP contribution < -0.4 is 10.1 Å². The largest absolute Gasteiger partial charge is 0.486 e. The number of ether oxygens (including phenoxy) is 1. The molecule has 0 aliphatic carbocycles. The summed E-state index contributed by atoms with van der Waals surface area (Å²) in [5.74, 6) is -0.325. The number of likely N-dealkylation sites (N-methyl/N-ethyl adjacent to an activating group) is 1. The molecule has 0 aromatic heterocycles. The number of halogens is 1. The molecule has 1 atom stereocenters. The molecule has 0 saturated heterocycles. The Morgan fingerprint density at radius 3 is 2.87 bits per heavy atom. The minimum absolute atomic E-state index is 0.113. The van der Waals surface area contributed by atoms with E-state index in [0.717, 1.165) is 0 Å². The van der Waals surface area contributed by atoms with Gasteiger partial charge in [0.2, 0.25) is 0 Å². The number of nitriles is 1. The van der Waals surface area contributed by atoms with Gasteiger partial charge in [-0.3, -0.25) is 0 Å². The lowest BCUT2D eigenvalue weighted by Crippen LogP contribution is -2.26. The molecule has 1 N–H and O–H groups in total. The van der Waals surface area contributed by atoms with Gasteiger partial charge in [-0.15, -0.1) is 0 Å². The van der Waals surface area contributed by atoms with Crippen LogP contribution in [0.4, 0.5) is 4.39 Å². The standard InChI is InChI=1S/C11H13FN2O/c1-8(7-14-2)15-11-4-3-9(6-13)5-10(11)12/h3-5,8,14H,7H2,1-2H3. The van der Waals surface area contributed by atoms with Gasteiger partial charge in [0, 0.05) is 6.54 Å². The van der Waals surface area contributed by atoms with Crippen LogP contribution in [0.2, 0.25) is 0 Å². The van der Waals surface area contributed by atoms with Crippen LogP contribution >= 0.6 is 0 Å². The van der Waals surface area contributed by atoms with Crippen LogP contribution in [0.25, 0.3) is 0 Å². The van der Waals surface area contributed by atoms with Crippen LogP contribution in [0.15, 0.2) is 18.2 Å². The van der Waals surface area contributed by atoms with E-state index in [1.165, 1.54) is 18.2 Å². The molecule has 1 rings (SSSR count). The van der Waals surface area contributed by atoms with Crippen LogP contribution in [0.1, 0.15) is 12.5 Å². The third kappa shape index (κ3) is 3.22. The number of benzene rings is 1. The van der Waals surface area contributed by atoms with Crippen molar-refractivity contribution in [3.05, 3.63) is 29.6 Å². The van der Waals surface area contributed by atoms with E-state index in [0.29, 0.717) is 12.1 Å². The summed E-state index contributed by atoms with van der Waals surface area (Å²) in [5, 5.41) is 11.5. The van der Waals surface area contributed by atoms with Gasteiger partial charge in [-0.1, -0.05) is 0 Å². The highest BCUT2D eigenvalue weighted by atomic mass is 19.1. The van der Waals surface area contributed by atoms with E-state index >= 15 is 0 Å². The SMILES string of the molecule is CNCC(C)Oc1ccc(C#N)cc1F. The lowest BCUT2D eigenvalue weighted by atomic mass is 10.2. The van der Waals surface area contributed by atoms with E-state index in [1.807, 2.05) is 13.0 Å². The van der Waals surface area contributed by atoms with E-state index in [1.54, 1.807) is 7.05 Å². The third-order valence-corrected chi connectivity index (χ3v) is 1.88.